The number of hydrogen-bond acceptors (Lipinski definition) is 2. The minimum Gasteiger partial charge on any atom is -0.459 e. The van der Waals surface area contributed by atoms with Gasteiger partial charge in [0.25, 0.3) is 0 Å². The number of hydrogen-bond donors (Lipinski definition) is 1. The molecule has 2 aromatic rings. The third-order valence-electron chi connectivity index (χ3n) is 4.79. The van der Waals surface area contributed by atoms with Gasteiger partial charge in [-0.25, -0.2) is 0 Å². The summed E-state index contributed by atoms with van der Waals surface area (Å²) in [4.78, 5) is 0. The van der Waals surface area contributed by atoms with E-state index < -0.39 is 0 Å². The zero-order valence-electron chi connectivity index (χ0n) is 12.8. The molecule has 2 heteroatoms. The Morgan fingerprint density at radius 3 is 2.80 bits per heavy atom. The molecule has 108 valence electrons. The van der Waals surface area contributed by atoms with Crippen LogP contribution in [0.3, 0.4) is 0 Å². The van der Waals surface area contributed by atoms with Crippen molar-refractivity contribution >= 4 is 11.0 Å². The van der Waals surface area contributed by atoms with E-state index in [0.717, 1.165) is 17.9 Å². The molecule has 1 aromatic heterocycles. The molecule has 1 aliphatic rings. The van der Waals surface area contributed by atoms with E-state index in [4.69, 9.17) is 4.42 Å². The number of rotatable bonds is 2. The molecule has 0 aliphatic carbocycles. The molecule has 1 unspecified atom stereocenters. The van der Waals surface area contributed by atoms with Crippen LogP contribution in [0.5, 0.6) is 0 Å². The van der Waals surface area contributed by atoms with Crippen molar-refractivity contribution in [1.29, 1.82) is 0 Å². The molecule has 1 aromatic carbocycles. The summed E-state index contributed by atoms with van der Waals surface area (Å²) in [5, 5.41) is 5.02. The van der Waals surface area contributed by atoms with Crippen LogP contribution in [-0.2, 0) is 5.54 Å². The Labute approximate surface area is 121 Å². The molecule has 0 saturated carbocycles. The van der Waals surface area contributed by atoms with Crippen molar-refractivity contribution in [2.75, 3.05) is 6.54 Å². The van der Waals surface area contributed by atoms with Gasteiger partial charge in [-0.05, 0) is 50.4 Å². The molecule has 0 spiro atoms. The van der Waals surface area contributed by atoms with Crippen LogP contribution < -0.4 is 5.32 Å². The lowest BCUT2D eigenvalue weighted by Gasteiger charge is -2.35. The van der Waals surface area contributed by atoms with Gasteiger partial charge in [0.1, 0.15) is 11.3 Å². The molecule has 1 N–H and O–H groups in total. The Balaban J connectivity index is 2.08. The van der Waals surface area contributed by atoms with Gasteiger partial charge in [-0.15, -0.1) is 0 Å². The smallest absolute Gasteiger partial charge is 0.134 e. The van der Waals surface area contributed by atoms with Gasteiger partial charge in [-0.3, -0.25) is 0 Å². The fourth-order valence-electron chi connectivity index (χ4n) is 3.48. The molecule has 1 saturated heterocycles. The summed E-state index contributed by atoms with van der Waals surface area (Å²) < 4.78 is 6.22. The fourth-order valence-corrected chi connectivity index (χ4v) is 3.48. The van der Waals surface area contributed by atoms with Crippen LogP contribution in [0, 0.1) is 12.8 Å². The van der Waals surface area contributed by atoms with Crippen molar-refractivity contribution in [3.05, 3.63) is 35.6 Å². The Bertz CT molecular complexity index is 588. The topological polar surface area (TPSA) is 25.2 Å². The van der Waals surface area contributed by atoms with Gasteiger partial charge in [-0.1, -0.05) is 38.3 Å². The first-order valence-corrected chi connectivity index (χ1v) is 7.87. The van der Waals surface area contributed by atoms with E-state index in [1.807, 2.05) is 0 Å². The summed E-state index contributed by atoms with van der Waals surface area (Å²) >= 11 is 0. The molecule has 0 radical (unpaired) electrons. The fraction of sp³-hybridized carbons (Fsp3) is 0.556. The Kier molecular flexibility index (Phi) is 3.59. The Hall–Kier alpha value is -1.28. The average molecular weight is 271 g/mol. The van der Waals surface area contributed by atoms with E-state index in [9.17, 15) is 0 Å². The molecule has 1 fully saturated rings. The molecule has 1 aliphatic heterocycles. The normalized spacial score (nSPS) is 24.2. The first kappa shape index (κ1) is 13.7. The summed E-state index contributed by atoms with van der Waals surface area (Å²) in [6, 6.07) is 8.69. The van der Waals surface area contributed by atoms with Crippen LogP contribution >= 0.6 is 0 Å². The van der Waals surface area contributed by atoms with Gasteiger partial charge >= 0.3 is 0 Å². The predicted molar refractivity (Wildman–Crippen MR) is 83.9 cm³/mol. The van der Waals surface area contributed by atoms with Crippen molar-refractivity contribution in [1.82, 2.24) is 5.32 Å². The van der Waals surface area contributed by atoms with Crippen LogP contribution in [0.4, 0.5) is 0 Å². The highest BCUT2D eigenvalue weighted by Gasteiger charge is 2.38. The van der Waals surface area contributed by atoms with Gasteiger partial charge in [0.15, 0.2) is 0 Å². The molecular weight excluding hydrogens is 246 g/mol. The average Bonchev–Trinajstić information content (AvgIpc) is 2.68. The predicted octanol–water partition coefficient (Wildman–Crippen LogP) is 4.76. The zero-order valence-corrected chi connectivity index (χ0v) is 12.8. The lowest BCUT2D eigenvalue weighted by molar-refractivity contribution is 0.192. The number of furan rings is 1. The molecule has 1 atom stereocenters. The standard InChI is InChI=1S/C18H25NO/c1-13(2)18(9-5-4-6-10-19-18)17-12-15-11-14(3)7-8-16(15)20-17/h7-8,11-13,19H,4-6,9-10H2,1-3H3. The highest BCUT2D eigenvalue weighted by molar-refractivity contribution is 5.79. The number of benzene rings is 1. The monoisotopic (exact) mass is 271 g/mol. The van der Waals surface area contributed by atoms with Crippen molar-refractivity contribution in [3.8, 4) is 0 Å². The Morgan fingerprint density at radius 1 is 1.15 bits per heavy atom. The second kappa shape index (κ2) is 5.25. The maximum absolute atomic E-state index is 6.22. The highest BCUT2D eigenvalue weighted by Crippen LogP contribution is 2.39. The van der Waals surface area contributed by atoms with Crippen LogP contribution in [0.1, 0.15) is 50.9 Å². The number of nitrogens with one attached hydrogen (secondary N) is 1. The minimum atomic E-state index is 0.00340. The SMILES string of the molecule is Cc1ccc2oc(C3(C(C)C)CCCCCN3)cc2c1. The summed E-state index contributed by atoms with van der Waals surface area (Å²) in [5.41, 5.74) is 2.30. The molecule has 0 amide bonds. The van der Waals surface area contributed by atoms with Gasteiger partial charge in [-0.2, -0.15) is 0 Å². The van der Waals surface area contributed by atoms with Gasteiger partial charge in [0.2, 0.25) is 0 Å². The van der Waals surface area contributed by atoms with Crippen molar-refractivity contribution in [2.24, 2.45) is 5.92 Å². The van der Waals surface area contributed by atoms with Crippen LogP contribution in [0.2, 0.25) is 0 Å². The second-order valence-electron chi connectivity index (χ2n) is 6.52. The third-order valence-corrected chi connectivity index (χ3v) is 4.79. The maximum atomic E-state index is 6.22. The second-order valence-corrected chi connectivity index (χ2v) is 6.52. The summed E-state index contributed by atoms with van der Waals surface area (Å²) in [6.07, 6.45) is 5.04. The molecule has 3 rings (SSSR count). The third kappa shape index (κ3) is 2.26. The van der Waals surface area contributed by atoms with E-state index in [2.05, 4.69) is 50.4 Å². The molecule has 2 heterocycles. The van der Waals surface area contributed by atoms with E-state index in [1.165, 1.54) is 36.6 Å². The molecular formula is C18H25NO. The lowest BCUT2D eigenvalue weighted by Crippen LogP contribution is -2.46. The van der Waals surface area contributed by atoms with Crippen LogP contribution in [0.15, 0.2) is 28.7 Å². The highest BCUT2D eigenvalue weighted by atomic mass is 16.3. The van der Waals surface area contributed by atoms with E-state index in [-0.39, 0.29) is 5.54 Å². The van der Waals surface area contributed by atoms with Crippen LogP contribution in [-0.4, -0.2) is 6.54 Å². The van der Waals surface area contributed by atoms with E-state index >= 15 is 0 Å². The summed E-state index contributed by atoms with van der Waals surface area (Å²) in [7, 11) is 0. The van der Waals surface area contributed by atoms with Crippen LogP contribution in [0.25, 0.3) is 11.0 Å². The van der Waals surface area contributed by atoms with Crippen molar-refractivity contribution in [3.63, 3.8) is 0 Å². The first-order valence-electron chi connectivity index (χ1n) is 7.87. The zero-order chi connectivity index (χ0) is 14.2. The largest absolute Gasteiger partial charge is 0.459 e. The number of aryl methyl sites for hydroxylation is 1. The van der Waals surface area contributed by atoms with E-state index in [1.54, 1.807) is 0 Å². The Morgan fingerprint density at radius 2 is 2.00 bits per heavy atom. The van der Waals surface area contributed by atoms with Crippen molar-refractivity contribution in [2.45, 2.75) is 52.0 Å². The van der Waals surface area contributed by atoms with Gasteiger partial charge in [0, 0.05) is 5.39 Å². The quantitative estimate of drug-likeness (QED) is 0.852. The molecule has 0 bridgehead atoms. The van der Waals surface area contributed by atoms with Gasteiger partial charge < -0.3 is 9.73 Å². The minimum absolute atomic E-state index is 0.00340. The maximum Gasteiger partial charge on any atom is 0.134 e. The summed E-state index contributed by atoms with van der Waals surface area (Å²) in [5.74, 6) is 1.65. The van der Waals surface area contributed by atoms with E-state index in [0.29, 0.717) is 5.92 Å². The van der Waals surface area contributed by atoms with Crippen molar-refractivity contribution < 1.29 is 4.42 Å². The molecule has 2 nitrogen and oxygen atoms in total. The van der Waals surface area contributed by atoms with Gasteiger partial charge in [0.05, 0.1) is 5.54 Å². The number of fused-ring (bicyclic) bond motifs is 1. The lowest BCUT2D eigenvalue weighted by atomic mass is 9.80. The summed E-state index contributed by atoms with van der Waals surface area (Å²) in [6.45, 7) is 7.83. The molecule has 20 heavy (non-hydrogen) atoms. The first-order chi connectivity index (χ1) is 9.62.